The number of fused-ring (bicyclic) bond motifs is 1. The third-order valence-electron chi connectivity index (χ3n) is 4.49. The van der Waals surface area contributed by atoms with Gasteiger partial charge in [0.15, 0.2) is 0 Å². The molecule has 0 aliphatic carbocycles. The lowest BCUT2D eigenvalue weighted by molar-refractivity contribution is -0.111. The highest BCUT2D eigenvalue weighted by Crippen LogP contribution is 2.29. The summed E-state index contributed by atoms with van der Waals surface area (Å²) in [4.78, 5) is 28.7. The number of amides is 2. The average Bonchev–Trinajstić information content (AvgIpc) is 2.78. The summed E-state index contributed by atoms with van der Waals surface area (Å²) in [5, 5.41) is 6.17. The molecule has 1 aromatic heterocycles. The molecule has 0 spiro atoms. The fourth-order valence-electron chi connectivity index (χ4n) is 3.01. The first-order chi connectivity index (χ1) is 15.1. The van der Waals surface area contributed by atoms with Crippen LogP contribution in [0, 0.1) is 0 Å². The van der Waals surface area contributed by atoms with Crippen molar-refractivity contribution in [1.29, 1.82) is 0 Å². The van der Waals surface area contributed by atoms with Crippen molar-refractivity contribution >= 4 is 40.9 Å². The molecule has 2 heterocycles. The molecule has 2 amide bonds. The lowest BCUT2D eigenvalue weighted by Gasteiger charge is -2.16. The van der Waals surface area contributed by atoms with Gasteiger partial charge in [-0.05, 0) is 60.2 Å². The van der Waals surface area contributed by atoms with Gasteiger partial charge >= 0.3 is 0 Å². The maximum atomic E-state index is 12.4. The smallest absolute Gasteiger partial charge is 0.255 e. The molecule has 0 unspecified atom stereocenters. The first-order valence-electron chi connectivity index (χ1n) is 9.50. The van der Waals surface area contributed by atoms with E-state index < -0.39 is 0 Å². The number of carbonyl (C=O) groups excluding carboxylic acids is 2. The Morgan fingerprint density at radius 1 is 1.00 bits per heavy atom. The van der Waals surface area contributed by atoms with Crippen molar-refractivity contribution in [3.8, 4) is 5.75 Å². The molecule has 2 aromatic carbocycles. The Kier molecular flexibility index (Phi) is 6.10. The van der Waals surface area contributed by atoms with Crippen LogP contribution in [-0.2, 0) is 4.79 Å². The molecule has 7 heteroatoms. The number of nitrogens with one attached hydrogen (secondary N) is 2. The van der Waals surface area contributed by atoms with Gasteiger partial charge in [0.1, 0.15) is 12.4 Å². The van der Waals surface area contributed by atoms with Gasteiger partial charge in [0.2, 0.25) is 5.91 Å². The van der Waals surface area contributed by atoms with Crippen LogP contribution in [0.4, 0.5) is 11.4 Å². The Labute approximate surface area is 184 Å². The molecular formula is C24H18ClN3O3. The normalized spacial score (nSPS) is 12.5. The zero-order chi connectivity index (χ0) is 21.6. The van der Waals surface area contributed by atoms with Gasteiger partial charge < -0.3 is 15.4 Å². The number of benzene rings is 2. The number of pyridine rings is 1. The second kappa shape index (κ2) is 9.28. The number of aromatic nitrogens is 1. The van der Waals surface area contributed by atoms with Gasteiger partial charge in [-0.2, -0.15) is 0 Å². The monoisotopic (exact) mass is 431 g/mol. The van der Waals surface area contributed by atoms with Gasteiger partial charge in [-0.15, -0.1) is 0 Å². The minimum absolute atomic E-state index is 0.278. The quantitative estimate of drug-likeness (QED) is 0.559. The number of nitrogens with zero attached hydrogens (tertiary/aromatic N) is 1. The SMILES string of the molecule is O=C(/C=C/C1=Cc2cc(Cl)ccc2OC1)Nc1cccc(C(=O)Nc2ccncc2)c1. The molecule has 0 radical (unpaired) electrons. The first-order valence-corrected chi connectivity index (χ1v) is 9.88. The summed E-state index contributed by atoms with van der Waals surface area (Å²) in [7, 11) is 0. The Morgan fingerprint density at radius 3 is 2.68 bits per heavy atom. The van der Waals surface area contributed by atoms with Gasteiger partial charge in [0, 0.05) is 46.0 Å². The van der Waals surface area contributed by atoms with Crippen molar-refractivity contribution in [2.24, 2.45) is 0 Å². The van der Waals surface area contributed by atoms with Crippen molar-refractivity contribution in [1.82, 2.24) is 4.98 Å². The van der Waals surface area contributed by atoms with E-state index in [1.54, 1.807) is 60.9 Å². The molecule has 2 N–H and O–H groups in total. The minimum atomic E-state index is -0.315. The van der Waals surface area contributed by atoms with Crippen LogP contribution in [0.5, 0.6) is 5.75 Å². The van der Waals surface area contributed by atoms with E-state index in [0.29, 0.717) is 28.6 Å². The van der Waals surface area contributed by atoms with E-state index in [2.05, 4.69) is 15.6 Å². The summed E-state index contributed by atoms with van der Waals surface area (Å²) in [5.74, 6) is 0.164. The number of rotatable bonds is 5. The first kappa shape index (κ1) is 20.4. The summed E-state index contributed by atoms with van der Waals surface area (Å²) in [6.07, 6.45) is 8.24. The van der Waals surface area contributed by atoms with Crippen LogP contribution < -0.4 is 15.4 Å². The number of ether oxygens (including phenoxy) is 1. The Bertz CT molecular complexity index is 1190. The van der Waals surface area contributed by atoms with Gasteiger partial charge in [0.25, 0.3) is 5.91 Å². The van der Waals surface area contributed by atoms with Crippen molar-refractivity contribution in [3.05, 3.63) is 101 Å². The number of hydrogen-bond acceptors (Lipinski definition) is 4. The van der Waals surface area contributed by atoms with E-state index >= 15 is 0 Å². The van der Waals surface area contributed by atoms with Crippen molar-refractivity contribution in [2.45, 2.75) is 0 Å². The summed E-state index contributed by atoms with van der Waals surface area (Å²) < 4.78 is 5.67. The third kappa shape index (κ3) is 5.38. The molecule has 154 valence electrons. The molecule has 0 fully saturated rings. The van der Waals surface area contributed by atoms with Crippen molar-refractivity contribution in [2.75, 3.05) is 17.2 Å². The molecule has 0 saturated heterocycles. The standard InChI is InChI=1S/C24H18ClN3O3/c25-19-5-6-22-18(13-19)12-16(15-31-22)4-7-23(29)27-21-3-1-2-17(14-21)24(30)28-20-8-10-26-11-9-20/h1-14H,15H2,(H,27,29)(H,26,28,30)/b7-4+. The van der Waals surface area contributed by atoms with E-state index in [-0.39, 0.29) is 11.8 Å². The predicted molar refractivity (Wildman–Crippen MR) is 121 cm³/mol. The second-order valence-corrected chi connectivity index (χ2v) is 7.22. The fourth-order valence-corrected chi connectivity index (χ4v) is 3.19. The van der Waals surface area contributed by atoms with Crippen molar-refractivity contribution < 1.29 is 14.3 Å². The molecule has 1 aliphatic rings. The van der Waals surface area contributed by atoms with Crippen LogP contribution in [0.15, 0.2) is 84.7 Å². The van der Waals surface area contributed by atoms with Gasteiger partial charge in [-0.3, -0.25) is 14.6 Å². The Balaban J connectivity index is 1.40. The highest BCUT2D eigenvalue weighted by molar-refractivity contribution is 6.30. The summed E-state index contributed by atoms with van der Waals surface area (Å²) in [5.41, 5.74) is 3.30. The number of anilines is 2. The van der Waals surface area contributed by atoms with Crippen LogP contribution in [-0.4, -0.2) is 23.4 Å². The number of carbonyl (C=O) groups is 2. The maximum absolute atomic E-state index is 12.4. The lowest BCUT2D eigenvalue weighted by atomic mass is 10.1. The number of halogens is 1. The van der Waals surface area contributed by atoms with E-state index in [4.69, 9.17) is 16.3 Å². The van der Waals surface area contributed by atoms with E-state index in [1.165, 1.54) is 6.08 Å². The highest BCUT2D eigenvalue weighted by atomic mass is 35.5. The van der Waals surface area contributed by atoms with Gasteiger partial charge in [0.05, 0.1) is 0 Å². The van der Waals surface area contributed by atoms with E-state index in [0.717, 1.165) is 16.9 Å². The zero-order valence-corrected chi connectivity index (χ0v) is 17.1. The van der Waals surface area contributed by atoms with Gasteiger partial charge in [-0.1, -0.05) is 23.7 Å². The van der Waals surface area contributed by atoms with E-state index in [9.17, 15) is 9.59 Å². The van der Waals surface area contributed by atoms with Crippen molar-refractivity contribution in [3.63, 3.8) is 0 Å². The zero-order valence-electron chi connectivity index (χ0n) is 16.3. The van der Waals surface area contributed by atoms with Crippen LogP contribution in [0.25, 0.3) is 6.08 Å². The number of hydrogen-bond donors (Lipinski definition) is 2. The van der Waals surface area contributed by atoms with Crippen LogP contribution in [0.1, 0.15) is 15.9 Å². The third-order valence-corrected chi connectivity index (χ3v) is 4.72. The molecule has 0 atom stereocenters. The lowest BCUT2D eigenvalue weighted by Crippen LogP contribution is -2.13. The summed E-state index contributed by atoms with van der Waals surface area (Å²) >= 11 is 6.02. The summed E-state index contributed by atoms with van der Waals surface area (Å²) in [6, 6.07) is 15.5. The van der Waals surface area contributed by atoms with Crippen LogP contribution >= 0.6 is 11.6 Å². The average molecular weight is 432 g/mol. The highest BCUT2D eigenvalue weighted by Gasteiger charge is 2.11. The molecule has 4 rings (SSSR count). The molecule has 0 bridgehead atoms. The topological polar surface area (TPSA) is 80.3 Å². The molecule has 31 heavy (non-hydrogen) atoms. The maximum Gasteiger partial charge on any atom is 0.255 e. The Morgan fingerprint density at radius 2 is 1.84 bits per heavy atom. The second-order valence-electron chi connectivity index (χ2n) is 6.78. The fraction of sp³-hybridized carbons (Fsp3) is 0.0417. The molecule has 3 aromatic rings. The molecular weight excluding hydrogens is 414 g/mol. The van der Waals surface area contributed by atoms with E-state index in [1.807, 2.05) is 18.2 Å². The minimum Gasteiger partial charge on any atom is -0.488 e. The Hall–Kier alpha value is -3.90. The molecule has 0 saturated carbocycles. The molecule has 1 aliphatic heterocycles. The van der Waals surface area contributed by atoms with Crippen LogP contribution in [0.3, 0.4) is 0 Å². The predicted octanol–water partition coefficient (Wildman–Crippen LogP) is 4.96. The van der Waals surface area contributed by atoms with Crippen LogP contribution in [0.2, 0.25) is 5.02 Å². The molecule has 6 nitrogen and oxygen atoms in total. The summed E-state index contributed by atoms with van der Waals surface area (Å²) in [6.45, 7) is 0.364. The largest absolute Gasteiger partial charge is 0.488 e. The van der Waals surface area contributed by atoms with Gasteiger partial charge in [-0.25, -0.2) is 0 Å².